The molecule has 0 atom stereocenters. The van der Waals surface area contributed by atoms with Crippen LogP contribution in [0.2, 0.25) is 0 Å². The molecule has 0 saturated carbocycles. The average molecular weight is 302 g/mol. The maximum absolute atomic E-state index is 2.34. The highest BCUT2D eigenvalue weighted by Gasteiger charge is 2.24. The molecule has 1 heteroatoms. The van der Waals surface area contributed by atoms with Crippen molar-refractivity contribution in [3.63, 3.8) is 0 Å². The van der Waals surface area contributed by atoms with Gasteiger partial charge in [0.15, 0.2) is 6.20 Å². The predicted octanol–water partition coefficient (Wildman–Crippen LogP) is 4.81. The molecular formula is C22H24N+. The summed E-state index contributed by atoms with van der Waals surface area (Å²) in [6.45, 7) is 6.77. The van der Waals surface area contributed by atoms with Gasteiger partial charge < -0.3 is 0 Å². The molecule has 3 rings (SSSR count). The van der Waals surface area contributed by atoms with Crippen molar-refractivity contribution in [1.29, 1.82) is 0 Å². The van der Waals surface area contributed by atoms with Crippen LogP contribution in [0.3, 0.4) is 0 Å². The van der Waals surface area contributed by atoms with Crippen molar-refractivity contribution in [2.45, 2.75) is 26.2 Å². The number of aromatic nitrogens is 1. The van der Waals surface area contributed by atoms with Gasteiger partial charge in [0, 0.05) is 23.1 Å². The summed E-state index contributed by atoms with van der Waals surface area (Å²) in [5.74, 6) is 0. The van der Waals surface area contributed by atoms with Crippen LogP contribution in [-0.2, 0) is 12.5 Å². The maximum atomic E-state index is 2.34. The molecule has 0 spiro atoms. The number of hydrogen-bond donors (Lipinski definition) is 0. The number of nitrogens with zero attached hydrogens (tertiary/aromatic N) is 1. The summed E-state index contributed by atoms with van der Waals surface area (Å²) in [7, 11) is 2.10. The van der Waals surface area contributed by atoms with Crippen molar-refractivity contribution in [2.24, 2.45) is 7.05 Å². The highest BCUT2D eigenvalue weighted by molar-refractivity contribution is 5.63. The van der Waals surface area contributed by atoms with Gasteiger partial charge in [0.25, 0.3) is 0 Å². The molecule has 0 amide bonds. The Hall–Kier alpha value is -2.41. The van der Waals surface area contributed by atoms with Crippen molar-refractivity contribution in [1.82, 2.24) is 0 Å². The van der Waals surface area contributed by atoms with Crippen LogP contribution in [0.25, 0.3) is 11.3 Å². The normalized spacial score (nSPS) is 11.5. The SMILES string of the molecule is Cc1ccc(C(C)(C)c2ccccc2)cc1-c1cccc[n+]1C. The number of rotatable bonds is 3. The molecule has 23 heavy (non-hydrogen) atoms. The van der Waals surface area contributed by atoms with Gasteiger partial charge in [-0.05, 0) is 35.7 Å². The molecule has 1 heterocycles. The van der Waals surface area contributed by atoms with E-state index in [0.717, 1.165) is 0 Å². The molecule has 0 saturated heterocycles. The second-order valence-corrected chi connectivity index (χ2v) is 6.72. The van der Waals surface area contributed by atoms with Crippen molar-refractivity contribution in [3.05, 3.63) is 89.6 Å². The topological polar surface area (TPSA) is 3.88 Å². The van der Waals surface area contributed by atoms with Crippen LogP contribution in [0, 0.1) is 6.92 Å². The second-order valence-electron chi connectivity index (χ2n) is 6.72. The van der Waals surface area contributed by atoms with Crippen LogP contribution in [0.1, 0.15) is 30.5 Å². The highest BCUT2D eigenvalue weighted by Crippen LogP contribution is 2.34. The molecule has 1 nitrogen and oxygen atoms in total. The van der Waals surface area contributed by atoms with Crippen LogP contribution in [0.15, 0.2) is 72.9 Å². The molecule has 0 radical (unpaired) electrons. The van der Waals surface area contributed by atoms with Gasteiger partial charge in [-0.2, -0.15) is 0 Å². The third kappa shape index (κ3) is 2.92. The lowest BCUT2D eigenvalue weighted by atomic mass is 9.77. The third-order valence-electron chi connectivity index (χ3n) is 4.79. The van der Waals surface area contributed by atoms with E-state index < -0.39 is 0 Å². The Morgan fingerprint density at radius 3 is 2.17 bits per heavy atom. The van der Waals surface area contributed by atoms with Crippen LogP contribution in [0.4, 0.5) is 0 Å². The fourth-order valence-electron chi connectivity index (χ4n) is 3.11. The summed E-state index contributed by atoms with van der Waals surface area (Å²) in [6.07, 6.45) is 2.10. The molecular weight excluding hydrogens is 278 g/mol. The van der Waals surface area contributed by atoms with Crippen LogP contribution >= 0.6 is 0 Å². The molecule has 1 aromatic heterocycles. The van der Waals surface area contributed by atoms with E-state index in [1.54, 1.807) is 0 Å². The summed E-state index contributed by atoms with van der Waals surface area (Å²) in [5, 5.41) is 0. The van der Waals surface area contributed by atoms with E-state index in [2.05, 4.69) is 105 Å². The smallest absolute Gasteiger partial charge is 0.201 e. The fraction of sp³-hybridized carbons (Fsp3) is 0.227. The van der Waals surface area contributed by atoms with Gasteiger partial charge in [-0.15, -0.1) is 0 Å². The second kappa shape index (κ2) is 6.00. The Balaban J connectivity index is 2.13. The molecule has 0 aliphatic carbocycles. The summed E-state index contributed by atoms with van der Waals surface area (Å²) >= 11 is 0. The van der Waals surface area contributed by atoms with Gasteiger partial charge in [-0.25, -0.2) is 4.57 Å². The minimum atomic E-state index is -0.0168. The van der Waals surface area contributed by atoms with E-state index in [-0.39, 0.29) is 5.41 Å². The molecule has 0 bridgehead atoms. The fourth-order valence-corrected chi connectivity index (χ4v) is 3.11. The molecule has 0 N–H and O–H groups in total. The molecule has 0 aliphatic rings. The standard InChI is InChI=1S/C22H24N/c1-17-13-14-19(22(2,3)18-10-6-5-7-11-18)16-20(17)21-12-8-9-15-23(21)4/h5-16H,1-4H3/q+1. The van der Waals surface area contributed by atoms with Gasteiger partial charge >= 0.3 is 0 Å². The van der Waals surface area contributed by atoms with Gasteiger partial charge in [-0.3, -0.25) is 0 Å². The van der Waals surface area contributed by atoms with Crippen molar-refractivity contribution < 1.29 is 4.57 Å². The molecule has 0 fully saturated rings. The van der Waals surface area contributed by atoms with Gasteiger partial charge in [0.1, 0.15) is 7.05 Å². The van der Waals surface area contributed by atoms with Gasteiger partial charge in [0.2, 0.25) is 5.69 Å². The van der Waals surface area contributed by atoms with E-state index >= 15 is 0 Å². The minimum Gasteiger partial charge on any atom is -0.201 e. The number of hydrogen-bond acceptors (Lipinski definition) is 0. The zero-order valence-corrected chi connectivity index (χ0v) is 14.4. The lowest BCUT2D eigenvalue weighted by molar-refractivity contribution is -0.660. The lowest BCUT2D eigenvalue weighted by Crippen LogP contribution is -2.30. The van der Waals surface area contributed by atoms with E-state index in [0.29, 0.717) is 0 Å². The first-order valence-corrected chi connectivity index (χ1v) is 8.12. The third-order valence-corrected chi connectivity index (χ3v) is 4.79. The predicted molar refractivity (Wildman–Crippen MR) is 96.4 cm³/mol. The average Bonchev–Trinajstić information content (AvgIpc) is 2.57. The minimum absolute atomic E-state index is 0.0168. The van der Waals surface area contributed by atoms with Crippen molar-refractivity contribution in [3.8, 4) is 11.3 Å². The summed E-state index contributed by atoms with van der Waals surface area (Å²) in [6, 6.07) is 23.9. The Labute approximate surface area is 139 Å². The molecule has 116 valence electrons. The van der Waals surface area contributed by atoms with E-state index in [9.17, 15) is 0 Å². The summed E-state index contributed by atoms with van der Waals surface area (Å²) in [5.41, 5.74) is 6.52. The molecule has 0 aliphatic heterocycles. The zero-order valence-electron chi connectivity index (χ0n) is 14.4. The van der Waals surface area contributed by atoms with Crippen molar-refractivity contribution in [2.75, 3.05) is 0 Å². The monoisotopic (exact) mass is 302 g/mol. The Morgan fingerprint density at radius 2 is 1.48 bits per heavy atom. The first-order valence-electron chi connectivity index (χ1n) is 8.12. The van der Waals surface area contributed by atoms with Gasteiger partial charge in [0.05, 0.1) is 0 Å². The van der Waals surface area contributed by atoms with E-state index in [1.165, 1.54) is 27.9 Å². The Morgan fingerprint density at radius 1 is 0.783 bits per heavy atom. The quantitative estimate of drug-likeness (QED) is 0.611. The number of aryl methyl sites for hydroxylation is 2. The maximum Gasteiger partial charge on any atom is 0.212 e. The lowest BCUT2D eigenvalue weighted by Gasteiger charge is -2.27. The van der Waals surface area contributed by atoms with Gasteiger partial charge in [-0.1, -0.05) is 56.3 Å². The Kier molecular flexibility index (Phi) is 4.04. The van der Waals surface area contributed by atoms with E-state index in [4.69, 9.17) is 0 Å². The zero-order chi connectivity index (χ0) is 16.4. The number of benzene rings is 2. The first-order chi connectivity index (χ1) is 11.0. The van der Waals surface area contributed by atoms with Crippen molar-refractivity contribution >= 4 is 0 Å². The Bertz CT molecular complexity index is 816. The molecule has 3 aromatic rings. The molecule has 0 unspecified atom stereocenters. The summed E-state index contributed by atoms with van der Waals surface area (Å²) in [4.78, 5) is 0. The highest BCUT2D eigenvalue weighted by atomic mass is 14.9. The summed E-state index contributed by atoms with van der Waals surface area (Å²) < 4.78 is 2.18. The number of pyridine rings is 1. The van der Waals surface area contributed by atoms with Crippen LogP contribution in [0.5, 0.6) is 0 Å². The first kappa shape index (κ1) is 15.5. The molecule has 2 aromatic carbocycles. The van der Waals surface area contributed by atoms with Crippen LogP contribution in [-0.4, -0.2) is 0 Å². The van der Waals surface area contributed by atoms with Crippen LogP contribution < -0.4 is 4.57 Å². The van der Waals surface area contributed by atoms with E-state index in [1.807, 2.05) is 0 Å². The largest absolute Gasteiger partial charge is 0.212 e.